The molecule has 0 spiro atoms. The first-order valence-corrected chi connectivity index (χ1v) is 8.64. The van der Waals surface area contributed by atoms with Crippen molar-refractivity contribution in [1.29, 1.82) is 0 Å². The van der Waals surface area contributed by atoms with Crippen molar-refractivity contribution >= 4 is 28.2 Å². The highest BCUT2D eigenvalue weighted by Crippen LogP contribution is 2.26. The fraction of sp³-hybridized carbons (Fsp3) is 0. The Morgan fingerprint density at radius 2 is 1.36 bits per heavy atom. The van der Waals surface area contributed by atoms with E-state index in [-0.39, 0.29) is 17.0 Å². The summed E-state index contributed by atoms with van der Waals surface area (Å²) in [7, 11) is 0. The molecule has 0 aliphatic heterocycles. The van der Waals surface area contributed by atoms with E-state index in [4.69, 9.17) is 4.42 Å². The Hall–Kier alpha value is -3.99. The monoisotopic (exact) mass is 369 g/mol. The molecule has 136 valence electrons. The predicted octanol–water partition coefficient (Wildman–Crippen LogP) is 4.50. The topological polar surface area (TPSA) is 80.4 Å². The molecule has 0 amide bonds. The molecule has 0 saturated heterocycles. The van der Waals surface area contributed by atoms with Crippen LogP contribution in [0, 0.1) is 0 Å². The van der Waals surface area contributed by atoms with Gasteiger partial charge < -0.3 is 9.52 Å². The number of para-hydroxylation sites is 2. The number of aliphatic hydroxyl groups is 1. The molecule has 0 aliphatic carbocycles. The number of Topliss-reactive ketones (excluding diaryl/α,β-unsaturated/α-hetero) is 1. The molecule has 28 heavy (non-hydrogen) atoms. The van der Waals surface area contributed by atoms with Gasteiger partial charge in [-0.25, -0.2) is 9.78 Å². The molecule has 1 heterocycles. The molecular formula is C23H15NO4. The summed E-state index contributed by atoms with van der Waals surface area (Å²) in [5, 5.41) is 10.9. The van der Waals surface area contributed by atoms with Gasteiger partial charge in [0.15, 0.2) is 17.1 Å². The number of aromatic nitrogens is 1. The Bertz CT molecular complexity index is 1240. The van der Waals surface area contributed by atoms with E-state index in [9.17, 15) is 14.7 Å². The second-order valence-corrected chi connectivity index (χ2v) is 6.10. The number of fused-ring (bicyclic) bond motifs is 1. The van der Waals surface area contributed by atoms with Gasteiger partial charge in [-0.1, -0.05) is 72.8 Å². The average Bonchev–Trinajstić information content (AvgIpc) is 2.75. The number of carbonyl (C=O) groups is 1. The molecule has 0 bridgehead atoms. The summed E-state index contributed by atoms with van der Waals surface area (Å²) in [6.07, 6.45) is 0. The highest BCUT2D eigenvalue weighted by molar-refractivity contribution is 6.33. The molecule has 0 atom stereocenters. The number of hydrogen-bond donors (Lipinski definition) is 1. The van der Waals surface area contributed by atoms with Gasteiger partial charge in [0.1, 0.15) is 11.3 Å². The van der Waals surface area contributed by atoms with Crippen LogP contribution in [0.2, 0.25) is 0 Å². The lowest BCUT2D eigenvalue weighted by Gasteiger charge is -2.10. The van der Waals surface area contributed by atoms with Crippen LogP contribution in [0.5, 0.6) is 0 Å². The highest BCUT2D eigenvalue weighted by Gasteiger charge is 2.25. The van der Waals surface area contributed by atoms with Crippen LogP contribution < -0.4 is 5.63 Å². The Morgan fingerprint density at radius 3 is 2.04 bits per heavy atom. The average molecular weight is 369 g/mol. The van der Waals surface area contributed by atoms with E-state index in [2.05, 4.69) is 4.98 Å². The first-order chi connectivity index (χ1) is 13.6. The number of rotatable bonds is 4. The second-order valence-electron chi connectivity index (χ2n) is 6.10. The Labute approximate surface area is 160 Å². The largest absolute Gasteiger partial charge is 0.506 e. The van der Waals surface area contributed by atoms with Crippen molar-refractivity contribution in [3.63, 3.8) is 0 Å². The molecule has 0 saturated carbocycles. The van der Waals surface area contributed by atoms with Gasteiger partial charge in [-0.3, -0.25) is 4.79 Å². The molecule has 4 rings (SSSR count). The van der Waals surface area contributed by atoms with E-state index in [1.165, 1.54) is 0 Å². The van der Waals surface area contributed by atoms with E-state index in [0.717, 1.165) is 0 Å². The standard InChI is InChI=1S/C23H15NO4/c25-21(15-9-3-1-4-10-15)19(22(26)16-11-5-2-6-12-16)20-23(27)28-18-14-8-7-13-17(18)24-20/h1-14,25H/b21-19-. The third-order valence-corrected chi connectivity index (χ3v) is 4.28. The molecule has 4 aromatic rings. The molecule has 0 radical (unpaired) electrons. The summed E-state index contributed by atoms with van der Waals surface area (Å²) >= 11 is 0. The summed E-state index contributed by atoms with van der Waals surface area (Å²) in [5.74, 6) is -0.846. The van der Waals surface area contributed by atoms with Crippen LogP contribution in [-0.2, 0) is 0 Å². The van der Waals surface area contributed by atoms with Crippen molar-refractivity contribution in [1.82, 2.24) is 4.98 Å². The molecule has 3 aromatic carbocycles. The molecule has 5 heteroatoms. The van der Waals surface area contributed by atoms with E-state index >= 15 is 0 Å². The van der Waals surface area contributed by atoms with Crippen LogP contribution in [0.3, 0.4) is 0 Å². The van der Waals surface area contributed by atoms with Crippen LogP contribution in [0.15, 0.2) is 94.1 Å². The summed E-state index contributed by atoms with van der Waals surface area (Å²) in [5.41, 5.74) is 0.232. The first kappa shape index (κ1) is 17.4. The first-order valence-electron chi connectivity index (χ1n) is 8.64. The molecular weight excluding hydrogens is 354 g/mol. The fourth-order valence-corrected chi connectivity index (χ4v) is 2.91. The second kappa shape index (κ2) is 7.32. The molecule has 0 fully saturated rings. The van der Waals surface area contributed by atoms with Crippen LogP contribution in [-0.4, -0.2) is 15.9 Å². The van der Waals surface area contributed by atoms with Gasteiger partial charge in [-0.15, -0.1) is 0 Å². The molecule has 1 aromatic heterocycles. The van der Waals surface area contributed by atoms with Gasteiger partial charge in [0, 0.05) is 11.1 Å². The smallest absolute Gasteiger partial charge is 0.363 e. The fourth-order valence-electron chi connectivity index (χ4n) is 2.91. The van der Waals surface area contributed by atoms with Crippen molar-refractivity contribution in [2.45, 2.75) is 0 Å². The van der Waals surface area contributed by atoms with E-state index < -0.39 is 11.4 Å². The lowest BCUT2D eigenvalue weighted by atomic mass is 9.97. The number of nitrogens with zero attached hydrogens (tertiary/aromatic N) is 1. The summed E-state index contributed by atoms with van der Waals surface area (Å²) < 4.78 is 5.33. The zero-order chi connectivity index (χ0) is 19.5. The van der Waals surface area contributed by atoms with Gasteiger partial charge in [-0.2, -0.15) is 0 Å². The number of allylic oxidation sites excluding steroid dienone is 1. The molecule has 1 N–H and O–H groups in total. The summed E-state index contributed by atoms with van der Waals surface area (Å²) in [6, 6.07) is 23.7. The minimum absolute atomic E-state index is 0.197. The minimum atomic E-state index is -0.791. The van der Waals surface area contributed by atoms with Gasteiger partial charge in [-0.05, 0) is 12.1 Å². The van der Waals surface area contributed by atoms with Crippen molar-refractivity contribution in [3.8, 4) is 0 Å². The summed E-state index contributed by atoms with van der Waals surface area (Å²) in [4.78, 5) is 30.2. The maximum absolute atomic E-state index is 13.2. The molecule has 0 aliphatic rings. The highest BCUT2D eigenvalue weighted by atomic mass is 16.4. The normalized spacial score (nSPS) is 11.9. The van der Waals surface area contributed by atoms with Crippen LogP contribution >= 0.6 is 0 Å². The van der Waals surface area contributed by atoms with Gasteiger partial charge in [0.25, 0.3) is 0 Å². The van der Waals surface area contributed by atoms with Gasteiger partial charge in [0.05, 0.1) is 5.57 Å². The van der Waals surface area contributed by atoms with E-state index in [1.807, 2.05) is 0 Å². The number of benzene rings is 3. The number of aliphatic hydroxyl groups excluding tert-OH is 1. The maximum Gasteiger partial charge on any atom is 0.363 e. The Morgan fingerprint density at radius 1 is 0.786 bits per heavy atom. The van der Waals surface area contributed by atoms with Crippen molar-refractivity contribution in [2.75, 3.05) is 0 Å². The number of carbonyl (C=O) groups excluding carboxylic acids is 1. The zero-order valence-electron chi connectivity index (χ0n) is 14.7. The Kier molecular flexibility index (Phi) is 4.56. The maximum atomic E-state index is 13.2. The van der Waals surface area contributed by atoms with Crippen LogP contribution in [0.1, 0.15) is 21.6 Å². The number of hydrogen-bond acceptors (Lipinski definition) is 5. The number of ketones is 1. The van der Waals surface area contributed by atoms with Crippen molar-refractivity contribution in [3.05, 3.63) is 112 Å². The zero-order valence-corrected chi connectivity index (χ0v) is 14.7. The van der Waals surface area contributed by atoms with Gasteiger partial charge in [0.2, 0.25) is 0 Å². The van der Waals surface area contributed by atoms with Crippen molar-refractivity contribution < 1.29 is 14.3 Å². The lowest BCUT2D eigenvalue weighted by Crippen LogP contribution is -2.16. The van der Waals surface area contributed by atoms with E-state index in [0.29, 0.717) is 22.2 Å². The quantitative estimate of drug-likeness (QED) is 0.325. The molecule has 0 unspecified atom stereocenters. The SMILES string of the molecule is O=C(/C(=C(\O)c1ccccc1)c1nc2ccccc2oc1=O)c1ccccc1. The van der Waals surface area contributed by atoms with Crippen LogP contribution in [0.4, 0.5) is 0 Å². The Balaban J connectivity index is 2.00. The lowest BCUT2D eigenvalue weighted by molar-refractivity contribution is 0.105. The molecule has 5 nitrogen and oxygen atoms in total. The minimum Gasteiger partial charge on any atom is -0.506 e. The van der Waals surface area contributed by atoms with E-state index in [1.54, 1.807) is 84.9 Å². The predicted molar refractivity (Wildman–Crippen MR) is 107 cm³/mol. The third-order valence-electron chi connectivity index (χ3n) is 4.28. The van der Waals surface area contributed by atoms with Crippen molar-refractivity contribution in [2.24, 2.45) is 0 Å². The third kappa shape index (κ3) is 3.21. The van der Waals surface area contributed by atoms with Gasteiger partial charge >= 0.3 is 5.63 Å². The van der Waals surface area contributed by atoms with Crippen LogP contribution in [0.25, 0.3) is 22.4 Å². The summed E-state index contributed by atoms with van der Waals surface area (Å²) in [6.45, 7) is 0.